The van der Waals surface area contributed by atoms with Crippen molar-refractivity contribution < 1.29 is 27.5 Å². The van der Waals surface area contributed by atoms with Crippen LogP contribution in [0.5, 0.6) is 5.75 Å². The minimum Gasteiger partial charge on any atom is -0.495 e. The maximum atomic E-state index is 15.5. The van der Waals surface area contributed by atoms with Gasteiger partial charge in [0.05, 0.1) is 13.3 Å². The van der Waals surface area contributed by atoms with Gasteiger partial charge < -0.3 is 15.0 Å². The molecule has 2 atom stereocenters. The molecule has 1 aliphatic heterocycles. The minimum atomic E-state index is -2.81. The molecule has 2 aliphatic rings. The average molecular weight is 573 g/mol. The first kappa shape index (κ1) is 27.8. The number of nitrogens with one attached hydrogen (secondary N) is 1. The highest BCUT2D eigenvalue weighted by molar-refractivity contribution is 6.31. The van der Waals surface area contributed by atoms with E-state index in [-0.39, 0.29) is 24.4 Å². The number of likely N-dealkylation sites (N-methyl/N-ethyl adjacent to an activating group) is 1. The molecule has 210 valence electrons. The number of hydrogen-bond donors (Lipinski definition) is 1. The van der Waals surface area contributed by atoms with Crippen LogP contribution in [0, 0.1) is 5.82 Å². The van der Waals surface area contributed by atoms with E-state index in [1.54, 1.807) is 54.4 Å². The van der Waals surface area contributed by atoms with Crippen LogP contribution in [0.3, 0.4) is 0 Å². The van der Waals surface area contributed by atoms with Gasteiger partial charge in [-0.25, -0.2) is 18.2 Å². The molecule has 0 radical (unpaired) electrons. The number of methoxy groups -OCH3 is 1. The third-order valence-corrected chi connectivity index (χ3v) is 7.79. The molecule has 3 aromatic rings. The summed E-state index contributed by atoms with van der Waals surface area (Å²) in [5.74, 6) is -3.65. The maximum Gasteiger partial charge on any atom is 0.252 e. The number of carbonyl (C=O) groups excluding carboxylic acids is 2. The molecule has 1 unspecified atom stereocenters. The van der Waals surface area contributed by atoms with Gasteiger partial charge in [0.15, 0.2) is 0 Å². The van der Waals surface area contributed by atoms with E-state index in [1.165, 1.54) is 30.3 Å². The zero-order valence-electron chi connectivity index (χ0n) is 21.9. The van der Waals surface area contributed by atoms with Crippen LogP contribution in [0.2, 0.25) is 5.02 Å². The van der Waals surface area contributed by atoms with Gasteiger partial charge in [0.2, 0.25) is 11.8 Å². The van der Waals surface area contributed by atoms with Crippen molar-refractivity contribution in [1.82, 2.24) is 10.3 Å². The number of benzene rings is 2. The summed E-state index contributed by atoms with van der Waals surface area (Å²) in [6, 6.07) is 12.9. The smallest absolute Gasteiger partial charge is 0.252 e. The number of nitrogens with zero attached hydrogens (tertiary/aromatic N) is 3. The normalized spacial score (nSPS) is 19.2. The molecule has 1 aliphatic carbocycles. The molecule has 5 rings (SSSR count). The molecule has 1 saturated heterocycles. The standard InChI is InChI=1S/C29H28ClF3N4O3/c1-36(27(20-6-3-4-7-21(20)30)28(39)35-18-13-29(32,33)14-18)23-9-5-8-22(31)26(23)17-12-25(38)37(16-17)24-11-10-19(40-2)15-34-24/h3-11,15,17-18,27H,12-14,16H2,1-2H3,(H,35,39)/t17?,27-/m0/s1. The Morgan fingerprint density at radius 3 is 2.58 bits per heavy atom. The monoisotopic (exact) mass is 572 g/mol. The van der Waals surface area contributed by atoms with Gasteiger partial charge in [-0.3, -0.25) is 14.5 Å². The van der Waals surface area contributed by atoms with Gasteiger partial charge >= 0.3 is 0 Å². The summed E-state index contributed by atoms with van der Waals surface area (Å²) in [7, 11) is 3.14. The predicted molar refractivity (Wildman–Crippen MR) is 146 cm³/mol. The van der Waals surface area contributed by atoms with Crippen LogP contribution in [-0.2, 0) is 9.59 Å². The van der Waals surface area contributed by atoms with E-state index in [0.717, 1.165) is 0 Å². The lowest BCUT2D eigenvalue weighted by molar-refractivity contribution is -0.130. The fourth-order valence-electron chi connectivity index (χ4n) is 5.42. The Hall–Kier alpha value is -3.79. The summed E-state index contributed by atoms with van der Waals surface area (Å²) in [5.41, 5.74) is 1.10. The first-order chi connectivity index (χ1) is 19.1. The summed E-state index contributed by atoms with van der Waals surface area (Å²) >= 11 is 6.48. The van der Waals surface area contributed by atoms with E-state index >= 15 is 4.39 Å². The van der Waals surface area contributed by atoms with Crippen LogP contribution in [0.1, 0.15) is 42.3 Å². The number of aromatic nitrogens is 1. The second kappa shape index (κ2) is 11.0. The molecular formula is C29H28ClF3N4O3. The van der Waals surface area contributed by atoms with E-state index in [2.05, 4.69) is 10.3 Å². The molecule has 2 fully saturated rings. The van der Waals surface area contributed by atoms with Crippen molar-refractivity contribution in [3.8, 4) is 5.75 Å². The number of carbonyl (C=O) groups is 2. The van der Waals surface area contributed by atoms with Gasteiger partial charge in [-0.05, 0) is 30.3 Å². The molecular weight excluding hydrogens is 545 g/mol. The summed E-state index contributed by atoms with van der Waals surface area (Å²) in [6.07, 6.45) is 0.656. The van der Waals surface area contributed by atoms with E-state index in [9.17, 15) is 18.4 Å². The van der Waals surface area contributed by atoms with Crippen LogP contribution in [0.4, 0.5) is 24.7 Å². The van der Waals surface area contributed by atoms with E-state index in [1.807, 2.05) is 0 Å². The zero-order chi connectivity index (χ0) is 28.6. The van der Waals surface area contributed by atoms with Gasteiger partial charge in [0.1, 0.15) is 23.4 Å². The van der Waals surface area contributed by atoms with Crippen LogP contribution < -0.4 is 19.9 Å². The van der Waals surface area contributed by atoms with Crippen molar-refractivity contribution in [3.63, 3.8) is 0 Å². The van der Waals surface area contributed by atoms with Crippen LogP contribution >= 0.6 is 11.6 Å². The van der Waals surface area contributed by atoms with Gasteiger partial charge in [0, 0.05) is 66.7 Å². The van der Waals surface area contributed by atoms with Crippen molar-refractivity contribution >= 4 is 34.9 Å². The fourth-order valence-corrected chi connectivity index (χ4v) is 5.66. The van der Waals surface area contributed by atoms with Gasteiger partial charge in [-0.2, -0.15) is 0 Å². The summed E-state index contributed by atoms with van der Waals surface area (Å²) in [6.45, 7) is 0.181. The van der Waals surface area contributed by atoms with Crippen molar-refractivity contribution in [2.75, 3.05) is 30.5 Å². The van der Waals surface area contributed by atoms with Gasteiger partial charge in [-0.1, -0.05) is 35.9 Å². The van der Waals surface area contributed by atoms with E-state index in [0.29, 0.717) is 27.8 Å². The lowest BCUT2D eigenvalue weighted by atomic mass is 9.87. The van der Waals surface area contributed by atoms with Crippen LogP contribution in [-0.4, -0.2) is 49.5 Å². The molecule has 2 heterocycles. The molecule has 1 saturated carbocycles. The fraction of sp³-hybridized carbons (Fsp3) is 0.345. The van der Waals surface area contributed by atoms with Crippen molar-refractivity contribution in [3.05, 3.63) is 82.8 Å². The van der Waals surface area contributed by atoms with Crippen LogP contribution in [0.25, 0.3) is 0 Å². The zero-order valence-corrected chi connectivity index (χ0v) is 22.7. The number of rotatable bonds is 8. The Morgan fingerprint density at radius 2 is 1.93 bits per heavy atom. The van der Waals surface area contributed by atoms with Crippen LogP contribution in [0.15, 0.2) is 60.8 Å². The Kier molecular flexibility index (Phi) is 7.63. The number of amides is 2. The molecule has 2 aromatic carbocycles. The molecule has 11 heteroatoms. The topological polar surface area (TPSA) is 74.8 Å². The SMILES string of the molecule is COc1ccc(N2CC(c3c(F)cccc3N(C)[C@H](C(=O)NC3CC(F)(F)C3)c3ccccc3Cl)CC2=O)nc1. The number of hydrogen-bond acceptors (Lipinski definition) is 5. The number of halogens is 4. The molecule has 0 spiro atoms. The van der Waals surface area contributed by atoms with Gasteiger partial charge in [-0.15, -0.1) is 0 Å². The summed E-state index contributed by atoms with van der Waals surface area (Å²) < 4.78 is 47.6. The highest BCUT2D eigenvalue weighted by Gasteiger charge is 2.47. The molecule has 2 amide bonds. The lowest BCUT2D eigenvalue weighted by Gasteiger charge is -2.38. The van der Waals surface area contributed by atoms with Crippen molar-refractivity contribution in [2.24, 2.45) is 0 Å². The third kappa shape index (κ3) is 5.45. The molecule has 1 aromatic heterocycles. The quantitative estimate of drug-likeness (QED) is 0.386. The average Bonchev–Trinajstić information content (AvgIpc) is 3.29. The number of alkyl halides is 2. The Bertz CT molecular complexity index is 1410. The molecule has 0 bridgehead atoms. The second-order valence-corrected chi connectivity index (χ2v) is 10.5. The Morgan fingerprint density at radius 1 is 1.18 bits per heavy atom. The first-order valence-electron chi connectivity index (χ1n) is 12.8. The lowest BCUT2D eigenvalue weighted by Crippen LogP contribution is -2.53. The minimum absolute atomic E-state index is 0.0373. The van der Waals surface area contributed by atoms with E-state index in [4.69, 9.17) is 16.3 Å². The third-order valence-electron chi connectivity index (χ3n) is 7.45. The van der Waals surface area contributed by atoms with E-state index < -0.39 is 48.5 Å². The Balaban J connectivity index is 1.47. The molecule has 40 heavy (non-hydrogen) atoms. The second-order valence-electron chi connectivity index (χ2n) is 10.1. The maximum absolute atomic E-state index is 15.5. The highest BCUT2D eigenvalue weighted by atomic mass is 35.5. The van der Waals surface area contributed by atoms with Gasteiger partial charge in [0.25, 0.3) is 5.92 Å². The molecule has 1 N–H and O–H groups in total. The summed E-state index contributed by atoms with van der Waals surface area (Å²) in [4.78, 5) is 33.9. The number of anilines is 2. The largest absolute Gasteiger partial charge is 0.495 e. The summed E-state index contributed by atoms with van der Waals surface area (Å²) in [5, 5.41) is 3.01. The molecule has 7 nitrogen and oxygen atoms in total. The number of pyridine rings is 1. The first-order valence-corrected chi connectivity index (χ1v) is 13.2. The Labute approximate surface area is 234 Å². The number of ether oxygens (including phenoxy) is 1. The van der Waals surface area contributed by atoms with Crippen molar-refractivity contribution in [2.45, 2.75) is 43.2 Å². The van der Waals surface area contributed by atoms with Crippen molar-refractivity contribution in [1.29, 1.82) is 0 Å². The highest BCUT2D eigenvalue weighted by Crippen LogP contribution is 2.42. The predicted octanol–water partition coefficient (Wildman–Crippen LogP) is 5.49.